The smallest absolute Gasteiger partial charge is 0.137 e. The topological polar surface area (TPSA) is 33.4 Å². The van der Waals surface area contributed by atoms with Gasteiger partial charge in [-0.25, -0.2) is 4.39 Å². The van der Waals surface area contributed by atoms with E-state index in [0.29, 0.717) is 34.2 Å². The van der Waals surface area contributed by atoms with E-state index in [4.69, 9.17) is 4.42 Å². The number of rotatable bonds is 1. The lowest BCUT2D eigenvalue weighted by Gasteiger charge is -2.18. The van der Waals surface area contributed by atoms with E-state index >= 15 is 0 Å². The lowest BCUT2D eigenvalue weighted by Crippen LogP contribution is -2.24. The summed E-state index contributed by atoms with van der Waals surface area (Å²) in [6.45, 7) is 2.09. The number of furan rings is 1. The molecule has 2 aromatic rings. The van der Waals surface area contributed by atoms with Crippen LogP contribution in [-0.4, -0.2) is 16.1 Å². The van der Waals surface area contributed by atoms with Gasteiger partial charge in [0, 0.05) is 16.4 Å². The number of hydrogen-bond donors (Lipinski definition) is 1. The molecule has 0 aliphatic carbocycles. The van der Waals surface area contributed by atoms with Crippen molar-refractivity contribution < 1.29 is 13.9 Å². The van der Waals surface area contributed by atoms with Gasteiger partial charge < -0.3 is 9.52 Å². The van der Waals surface area contributed by atoms with Gasteiger partial charge in [0.25, 0.3) is 0 Å². The van der Waals surface area contributed by atoms with Gasteiger partial charge in [-0.2, -0.15) is 11.8 Å². The summed E-state index contributed by atoms with van der Waals surface area (Å²) in [7, 11) is 0. The number of fused-ring (bicyclic) bond motifs is 1. The first-order valence-corrected chi connectivity index (χ1v) is 6.65. The van der Waals surface area contributed by atoms with Gasteiger partial charge >= 0.3 is 0 Å². The third-order valence-electron chi connectivity index (χ3n) is 3.17. The van der Waals surface area contributed by atoms with Gasteiger partial charge in [-0.1, -0.05) is 6.92 Å². The van der Waals surface area contributed by atoms with Crippen LogP contribution in [0.1, 0.15) is 19.1 Å². The molecule has 1 aliphatic rings. The SMILES string of the molecule is CC1CC(O)(c2cc3cc(F)ccc3o2)CS1. The summed E-state index contributed by atoms with van der Waals surface area (Å²) in [4.78, 5) is 0. The quantitative estimate of drug-likeness (QED) is 0.845. The summed E-state index contributed by atoms with van der Waals surface area (Å²) in [5, 5.41) is 11.6. The average molecular weight is 252 g/mol. The first-order chi connectivity index (χ1) is 8.07. The molecule has 0 bridgehead atoms. The van der Waals surface area contributed by atoms with E-state index in [1.807, 2.05) is 0 Å². The van der Waals surface area contributed by atoms with Crippen LogP contribution in [0.15, 0.2) is 28.7 Å². The highest BCUT2D eigenvalue weighted by Gasteiger charge is 2.40. The molecule has 1 N–H and O–H groups in total. The van der Waals surface area contributed by atoms with Crippen molar-refractivity contribution in [1.82, 2.24) is 0 Å². The number of aliphatic hydroxyl groups is 1. The molecule has 4 heteroatoms. The van der Waals surface area contributed by atoms with Crippen molar-refractivity contribution in [1.29, 1.82) is 0 Å². The zero-order chi connectivity index (χ0) is 12.0. The van der Waals surface area contributed by atoms with E-state index in [-0.39, 0.29) is 5.82 Å². The molecule has 1 aromatic carbocycles. The van der Waals surface area contributed by atoms with Crippen LogP contribution < -0.4 is 0 Å². The minimum Gasteiger partial charge on any atom is -0.458 e. The average Bonchev–Trinajstić information content (AvgIpc) is 2.83. The Balaban J connectivity index is 2.06. The van der Waals surface area contributed by atoms with Crippen molar-refractivity contribution in [2.24, 2.45) is 0 Å². The minimum atomic E-state index is -0.903. The summed E-state index contributed by atoms with van der Waals surface area (Å²) in [5.74, 6) is 0.900. The molecular formula is C13H13FO2S. The normalized spacial score (nSPS) is 29.0. The molecule has 1 saturated heterocycles. The van der Waals surface area contributed by atoms with Crippen LogP contribution in [0.25, 0.3) is 11.0 Å². The van der Waals surface area contributed by atoms with Crippen LogP contribution >= 0.6 is 11.8 Å². The minimum absolute atomic E-state index is 0.286. The van der Waals surface area contributed by atoms with E-state index < -0.39 is 5.60 Å². The van der Waals surface area contributed by atoms with Gasteiger partial charge in [0.2, 0.25) is 0 Å². The molecule has 90 valence electrons. The Bertz CT molecular complexity index is 566. The first-order valence-electron chi connectivity index (χ1n) is 5.60. The van der Waals surface area contributed by atoms with E-state index in [9.17, 15) is 9.50 Å². The van der Waals surface area contributed by atoms with Gasteiger partial charge in [0.15, 0.2) is 0 Å². The standard InChI is InChI=1S/C13H13FO2S/c1-8-6-13(15,7-17-8)12-5-9-4-10(14)2-3-11(9)16-12/h2-5,8,15H,6-7H2,1H3. The maximum atomic E-state index is 13.1. The maximum Gasteiger partial charge on any atom is 0.137 e. The van der Waals surface area contributed by atoms with E-state index in [2.05, 4.69) is 6.92 Å². The number of thioether (sulfide) groups is 1. The largest absolute Gasteiger partial charge is 0.458 e. The molecule has 3 rings (SSSR count). The van der Waals surface area contributed by atoms with Crippen LogP contribution in [0.3, 0.4) is 0 Å². The van der Waals surface area contributed by atoms with Gasteiger partial charge in [-0.15, -0.1) is 0 Å². The molecule has 0 amide bonds. The fourth-order valence-electron chi connectivity index (χ4n) is 2.29. The second-order valence-corrected chi connectivity index (χ2v) is 6.08. The van der Waals surface area contributed by atoms with Gasteiger partial charge in [-0.3, -0.25) is 0 Å². The summed E-state index contributed by atoms with van der Waals surface area (Å²) in [6, 6.07) is 6.14. The Morgan fingerprint density at radius 3 is 3.00 bits per heavy atom. The van der Waals surface area contributed by atoms with Crippen molar-refractivity contribution in [2.45, 2.75) is 24.2 Å². The second-order valence-electron chi connectivity index (χ2n) is 4.65. The van der Waals surface area contributed by atoms with Crippen molar-refractivity contribution >= 4 is 22.7 Å². The summed E-state index contributed by atoms with van der Waals surface area (Å²) < 4.78 is 18.7. The van der Waals surface area contributed by atoms with E-state index in [1.165, 1.54) is 12.1 Å². The third-order valence-corrected chi connectivity index (χ3v) is 4.55. The Morgan fingerprint density at radius 2 is 2.29 bits per heavy atom. The predicted octanol–water partition coefficient (Wildman–Crippen LogP) is 3.28. The Hall–Kier alpha value is -1.000. The lowest BCUT2D eigenvalue weighted by atomic mass is 9.97. The summed E-state index contributed by atoms with van der Waals surface area (Å²) >= 11 is 1.73. The molecular weight excluding hydrogens is 239 g/mol. The van der Waals surface area contributed by atoms with Gasteiger partial charge in [0.1, 0.15) is 22.8 Å². The molecule has 1 aliphatic heterocycles. The van der Waals surface area contributed by atoms with Gasteiger partial charge in [-0.05, 0) is 30.7 Å². The fourth-order valence-corrected chi connectivity index (χ4v) is 3.50. The zero-order valence-electron chi connectivity index (χ0n) is 9.44. The van der Waals surface area contributed by atoms with Crippen LogP contribution in [0.2, 0.25) is 0 Å². The van der Waals surface area contributed by atoms with Crippen LogP contribution in [0, 0.1) is 5.82 Å². The Labute approximate surface area is 103 Å². The number of hydrogen-bond acceptors (Lipinski definition) is 3. The van der Waals surface area contributed by atoms with E-state index in [1.54, 1.807) is 23.9 Å². The highest BCUT2D eigenvalue weighted by Crippen LogP contribution is 2.42. The molecule has 0 radical (unpaired) electrons. The lowest BCUT2D eigenvalue weighted by molar-refractivity contribution is 0.0396. The summed E-state index contributed by atoms with van der Waals surface area (Å²) in [6.07, 6.45) is 0.681. The Kier molecular flexibility index (Phi) is 2.45. The molecule has 17 heavy (non-hydrogen) atoms. The van der Waals surface area contributed by atoms with Crippen molar-refractivity contribution in [3.63, 3.8) is 0 Å². The fraction of sp³-hybridized carbons (Fsp3) is 0.385. The zero-order valence-corrected chi connectivity index (χ0v) is 10.3. The van der Waals surface area contributed by atoms with E-state index in [0.717, 1.165) is 0 Å². The maximum absolute atomic E-state index is 13.1. The van der Waals surface area contributed by atoms with Crippen molar-refractivity contribution in [3.05, 3.63) is 35.8 Å². The number of benzene rings is 1. The number of halogens is 1. The monoisotopic (exact) mass is 252 g/mol. The molecule has 0 saturated carbocycles. The van der Waals surface area contributed by atoms with Crippen LogP contribution in [-0.2, 0) is 5.60 Å². The Morgan fingerprint density at radius 1 is 1.47 bits per heavy atom. The highest BCUT2D eigenvalue weighted by molar-refractivity contribution is 8.00. The molecule has 0 spiro atoms. The molecule has 2 atom stereocenters. The van der Waals surface area contributed by atoms with Gasteiger partial charge in [0.05, 0.1) is 0 Å². The first kappa shape index (κ1) is 11.1. The van der Waals surface area contributed by atoms with Crippen molar-refractivity contribution in [3.8, 4) is 0 Å². The summed E-state index contributed by atoms with van der Waals surface area (Å²) in [5.41, 5.74) is -0.279. The van der Waals surface area contributed by atoms with Crippen molar-refractivity contribution in [2.75, 3.05) is 5.75 Å². The molecule has 2 nitrogen and oxygen atoms in total. The molecule has 2 heterocycles. The molecule has 1 fully saturated rings. The second kappa shape index (κ2) is 3.75. The highest BCUT2D eigenvalue weighted by atomic mass is 32.2. The molecule has 2 unspecified atom stereocenters. The van der Waals surface area contributed by atoms with Crippen LogP contribution in [0.5, 0.6) is 0 Å². The third kappa shape index (κ3) is 1.85. The van der Waals surface area contributed by atoms with Crippen LogP contribution in [0.4, 0.5) is 4.39 Å². The molecule has 1 aromatic heterocycles. The predicted molar refractivity (Wildman–Crippen MR) is 66.6 cm³/mol.